The molecule has 1 rings (SSSR count). The predicted octanol–water partition coefficient (Wildman–Crippen LogP) is 1.81. The van der Waals surface area contributed by atoms with Crippen LogP contribution in [0.25, 0.3) is 0 Å². The summed E-state index contributed by atoms with van der Waals surface area (Å²) < 4.78 is 29.9. The van der Waals surface area contributed by atoms with E-state index < -0.39 is 15.6 Å². The summed E-state index contributed by atoms with van der Waals surface area (Å²) in [5.41, 5.74) is 0.500. The smallest absolute Gasteiger partial charge is 0.250 e. The molecule has 0 aromatic heterocycles. The van der Waals surface area contributed by atoms with Gasteiger partial charge in [0.25, 0.3) is 0 Å². The lowest BCUT2D eigenvalue weighted by Crippen LogP contribution is -2.27. The number of anilines is 2. The molecule has 7 heteroatoms. The fraction of sp³-hybridized carbons (Fsp3) is 0.462. The van der Waals surface area contributed by atoms with Gasteiger partial charge in [-0.25, -0.2) is 8.42 Å². The number of sulfonamides is 1. The maximum absolute atomic E-state index is 11.7. The van der Waals surface area contributed by atoms with E-state index in [1.807, 2.05) is 20.8 Å². The van der Waals surface area contributed by atoms with E-state index >= 15 is 0 Å². The van der Waals surface area contributed by atoms with Crippen molar-refractivity contribution >= 4 is 27.3 Å². The molecule has 0 aliphatic heterocycles. The van der Waals surface area contributed by atoms with E-state index in [1.54, 1.807) is 18.2 Å². The molecule has 112 valence electrons. The van der Waals surface area contributed by atoms with Crippen molar-refractivity contribution in [2.45, 2.75) is 26.4 Å². The van der Waals surface area contributed by atoms with Gasteiger partial charge in [0.05, 0.1) is 17.5 Å². The highest BCUT2D eigenvalue weighted by molar-refractivity contribution is 7.92. The molecule has 0 bridgehead atoms. The number of nitrogens with one attached hydrogen (secondary N) is 2. The van der Waals surface area contributed by atoms with Crippen LogP contribution in [0.1, 0.15) is 20.8 Å². The first-order valence-electron chi connectivity index (χ1n) is 6.07. The highest BCUT2D eigenvalue weighted by atomic mass is 32.2. The summed E-state index contributed by atoms with van der Waals surface area (Å²) in [6.07, 6.45) is 1.06. The summed E-state index contributed by atoms with van der Waals surface area (Å²) in [6, 6.07) is 6.45. The van der Waals surface area contributed by atoms with E-state index in [1.165, 1.54) is 6.07 Å². The third-order valence-corrected chi connectivity index (χ3v) is 2.69. The van der Waals surface area contributed by atoms with E-state index in [-0.39, 0.29) is 12.5 Å². The first-order valence-corrected chi connectivity index (χ1v) is 7.96. The fourth-order valence-corrected chi connectivity index (χ4v) is 1.91. The second kappa shape index (κ2) is 6.23. The Hall–Kier alpha value is -1.60. The second-order valence-corrected chi connectivity index (χ2v) is 7.15. The zero-order valence-corrected chi connectivity index (χ0v) is 12.9. The maximum Gasteiger partial charge on any atom is 0.250 e. The molecule has 0 saturated heterocycles. The molecule has 0 heterocycles. The zero-order chi connectivity index (χ0) is 15.4. The van der Waals surface area contributed by atoms with Gasteiger partial charge in [0.2, 0.25) is 15.9 Å². The van der Waals surface area contributed by atoms with Crippen molar-refractivity contribution < 1.29 is 17.9 Å². The zero-order valence-electron chi connectivity index (χ0n) is 12.1. The summed E-state index contributed by atoms with van der Waals surface area (Å²) >= 11 is 0. The Labute approximate surface area is 119 Å². The molecule has 0 aliphatic carbocycles. The van der Waals surface area contributed by atoms with Gasteiger partial charge in [0.1, 0.15) is 6.61 Å². The van der Waals surface area contributed by atoms with Crippen LogP contribution in [0.2, 0.25) is 0 Å². The molecule has 1 aromatic carbocycles. The number of rotatable bonds is 5. The highest BCUT2D eigenvalue weighted by Gasteiger charge is 2.13. The van der Waals surface area contributed by atoms with Crippen LogP contribution in [0.4, 0.5) is 11.4 Å². The minimum absolute atomic E-state index is 0.0623. The number of ether oxygens (including phenoxy) is 1. The Morgan fingerprint density at radius 2 is 1.85 bits per heavy atom. The van der Waals surface area contributed by atoms with Crippen LogP contribution in [-0.4, -0.2) is 32.8 Å². The first kappa shape index (κ1) is 16.5. The van der Waals surface area contributed by atoms with Crippen molar-refractivity contribution in [1.29, 1.82) is 0 Å². The second-order valence-electron chi connectivity index (χ2n) is 5.40. The lowest BCUT2D eigenvalue weighted by molar-refractivity contribution is -0.125. The van der Waals surface area contributed by atoms with Crippen molar-refractivity contribution in [1.82, 2.24) is 0 Å². The molecule has 0 radical (unpaired) electrons. The molecule has 20 heavy (non-hydrogen) atoms. The topological polar surface area (TPSA) is 84.5 Å². The van der Waals surface area contributed by atoms with Crippen molar-refractivity contribution in [3.63, 3.8) is 0 Å². The average molecular weight is 300 g/mol. The molecule has 0 saturated carbocycles. The van der Waals surface area contributed by atoms with Crippen molar-refractivity contribution in [2.24, 2.45) is 0 Å². The van der Waals surface area contributed by atoms with Crippen LogP contribution >= 0.6 is 0 Å². The van der Waals surface area contributed by atoms with Gasteiger partial charge < -0.3 is 10.1 Å². The van der Waals surface area contributed by atoms with Gasteiger partial charge in [-0.05, 0) is 39.0 Å². The van der Waals surface area contributed by atoms with E-state index in [4.69, 9.17) is 4.74 Å². The molecule has 2 N–H and O–H groups in total. The summed E-state index contributed by atoms with van der Waals surface area (Å²) in [6.45, 7) is 5.51. The Kier molecular flexibility index (Phi) is 5.13. The van der Waals surface area contributed by atoms with Crippen molar-refractivity contribution in [3.8, 4) is 0 Å². The molecular weight excluding hydrogens is 280 g/mol. The van der Waals surface area contributed by atoms with Gasteiger partial charge in [0.15, 0.2) is 0 Å². The summed E-state index contributed by atoms with van der Waals surface area (Å²) in [5.74, 6) is -0.295. The molecule has 1 amide bonds. The Morgan fingerprint density at radius 3 is 2.40 bits per heavy atom. The summed E-state index contributed by atoms with van der Waals surface area (Å²) in [4.78, 5) is 11.7. The Balaban J connectivity index is 2.64. The minimum Gasteiger partial charge on any atom is -0.366 e. The number of carbonyl (C=O) groups excluding carboxylic acids is 1. The largest absolute Gasteiger partial charge is 0.366 e. The van der Waals surface area contributed by atoms with Crippen LogP contribution in [0, 0.1) is 0 Å². The molecule has 0 fully saturated rings. The van der Waals surface area contributed by atoms with E-state index in [0.717, 1.165) is 6.26 Å². The van der Waals surface area contributed by atoms with Crippen LogP contribution in [0.3, 0.4) is 0 Å². The Morgan fingerprint density at radius 1 is 1.25 bits per heavy atom. The average Bonchev–Trinajstić information content (AvgIpc) is 2.23. The maximum atomic E-state index is 11.7. The van der Waals surface area contributed by atoms with Crippen molar-refractivity contribution in [3.05, 3.63) is 24.3 Å². The third-order valence-electron chi connectivity index (χ3n) is 2.09. The van der Waals surface area contributed by atoms with Gasteiger partial charge in [-0.1, -0.05) is 6.07 Å². The number of benzene rings is 1. The number of amides is 1. The van der Waals surface area contributed by atoms with Gasteiger partial charge in [-0.3, -0.25) is 9.52 Å². The van der Waals surface area contributed by atoms with Crippen LogP contribution in [0.5, 0.6) is 0 Å². The molecule has 0 atom stereocenters. The molecule has 1 aromatic rings. The number of hydrogen-bond acceptors (Lipinski definition) is 4. The monoisotopic (exact) mass is 300 g/mol. The predicted molar refractivity (Wildman–Crippen MR) is 79.2 cm³/mol. The van der Waals surface area contributed by atoms with Crippen LogP contribution < -0.4 is 10.0 Å². The SMILES string of the molecule is CC(C)(C)OCC(=O)Nc1cccc(NS(C)(=O)=O)c1. The van der Waals surface area contributed by atoms with Crippen LogP contribution in [0.15, 0.2) is 24.3 Å². The third kappa shape index (κ3) is 7.10. The van der Waals surface area contributed by atoms with E-state index in [9.17, 15) is 13.2 Å². The molecule has 0 unspecified atom stereocenters. The van der Waals surface area contributed by atoms with E-state index in [2.05, 4.69) is 10.0 Å². The van der Waals surface area contributed by atoms with E-state index in [0.29, 0.717) is 11.4 Å². The summed E-state index contributed by atoms with van der Waals surface area (Å²) in [7, 11) is -3.34. The van der Waals surface area contributed by atoms with Gasteiger partial charge in [0, 0.05) is 5.69 Å². The molecular formula is C13H20N2O4S. The lowest BCUT2D eigenvalue weighted by atomic mass is 10.2. The minimum atomic E-state index is -3.34. The van der Waals surface area contributed by atoms with Crippen LogP contribution in [-0.2, 0) is 19.6 Å². The van der Waals surface area contributed by atoms with Gasteiger partial charge in [-0.2, -0.15) is 0 Å². The summed E-state index contributed by atoms with van der Waals surface area (Å²) in [5, 5.41) is 2.64. The fourth-order valence-electron chi connectivity index (χ4n) is 1.35. The van der Waals surface area contributed by atoms with Crippen molar-refractivity contribution in [2.75, 3.05) is 22.9 Å². The molecule has 0 spiro atoms. The standard InChI is InChI=1S/C13H20N2O4S/c1-13(2,3)19-9-12(16)14-10-6-5-7-11(8-10)15-20(4,17)18/h5-8,15H,9H2,1-4H3,(H,14,16). The quantitative estimate of drug-likeness (QED) is 0.868. The first-order chi connectivity index (χ1) is 9.05. The van der Waals surface area contributed by atoms with Gasteiger partial charge in [-0.15, -0.1) is 0 Å². The number of carbonyl (C=O) groups is 1. The van der Waals surface area contributed by atoms with Gasteiger partial charge >= 0.3 is 0 Å². The normalized spacial score (nSPS) is 12.0. The number of hydrogen-bond donors (Lipinski definition) is 2. The Bertz CT molecular complexity index is 576. The molecule has 0 aliphatic rings. The lowest BCUT2D eigenvalue weighted by Gasteiger charge is -2.19. The molecule has 6 nitrogen and oxygen atoms in total. The highest BCUT2D eigenvalue weighted by Crippen LogP contribution is 2.16.